The number of thioether (sulfide) groups is 1. The summed E-state index contributed by atoms with van der Waals surface area (Å²) in [5, 5.41) is 7.78. The topological polar surface area (TPSA) is 51.0 Å². The second-order valence-corrected chi connectivity index (χ2v) is 5.45. The maximum absolute atomic E-state index is 5.19. The van der Waals surface area contributed by atoms with Gasteiger partial charge in [-0.15, -0.1) is 0 Å². The third-order valence-corrected chi connectivity index (χ3v) is 3.88. The fourth-order valence-corrected chi connectivity index (χ4v) is 1.92. The van der Waals surface area contributed by atoms with Crippen LogP contribution in [0.15, 0.2) is 4.52 Å². The van der Waals surface area contributed by atoms with E-state index in [2.05, 4.69) is 36.2 Å². The molecule has 1 heterocycles. The van der Waals surface area contributed by atoms with Gasteiger partial charge in [-0.05, 0) is 20.4 Å². The van der Waals surface area contributed by atoms with Crippen molar-refractivity contribution < 1.29 is 4.52 Å². The van der Waals surface area contributed by atoms with E-state index in [4.69, 9.17) is 4.52 Å². The van der Waals surface area contributed by atoms with Gasteiger partial charge in [0.15, 0.2) is 5.82 Å². The van der Waals surface area contributed by atoms with E-state index in [9.17, 15) is 0 Å². The maximum Gasteiger partial charge on any atom is 0.228 e. The Morgan fingerprint density at radius 1 is 1.44 bits per heavy atom. The third-order valence-electron chi connectivity index (χ3n) is 2.56. The summed E-state index contributed by atoms with van der Waals surface area (Å²) in [6.45, 7) is 6.50. The van der Waals surface area contributed by atoms with E-state index in [-0.39, 0.29) is 0 Å². The number of rotatable bonds is 7. The zero-order valence-corrected chi connectivity index (χ0v) is 11.3. The predicted molar refractivity (Wildman–Crippen MR) is 67.6 cm³/mol. The first-order valence-corrected chi connectivity index (χ1v) is 6.80. The van der Waals surface area contributed by atoms with E-state index in [0.29, 0.717) is 11.3 Å². The predicted octanol–water partition coefficient (Wildman–Crippen LogP) is 2.25. The number of nitrogens with one attached hydrogen (secondary N) is 1. The second kappa shape index (κ2) is 6.91. The zero-order valence-electron chi connectivity index (χ0n) is 10.5. The summed E-state index contributed by atoms with van der Waals surface area (Å²) in [7, 11) is 1.93. The van der Waals surface area contributed by atoms with Crippen LogP contribution in [0.1, 0.15) is 38.9 Å². The van der Waals surface area contributed by atoms with E-state index >= 15 is 0 Å². The molecule has 5 heteroatoms. The lowest BCUT2D eigenvalue weighted by molar-refractivity contribution is 0.362. The highest BCUT2D eigenvalue weighted by Gasteiger charge is 2.10. The Kier molecular flexibility index (Phi) is 5.84. The van der Waals surface area contributed by atoms with E-state index in [0.717, 1.165) is 23.9 Å². The molecule has 16 heavy (non-hydrogen) atoms. The Bertz CT molecular complexity index is 303. The molecule has 1 rings (SSSR count). The van der Waals surface area contributed by atoms with Gasteiger partial charge in [0.25, 0.3) is 0 Å². The Morgan fingerprint density at radius 3 is 2.81 bits per heavy atom. The lowest BCUT2D eigenvalue weighted by atomic mass is 10.2. The molecule has 0 aliphatic heterocycles. The quantitative estimate of drug-likeness (QED) is 0.796. The van der Waals surface area contributed by atoms with Crippen LogP contribution in [0, 0.1) is 0 Å². The first-order chi connectivity index (χ1) is 7.65. The number of aromatic nitrogens is 2. The van der Waals surface area contributed by atoms with E-state index in [1.54, 1.807) is 0 Å². The molecule has 0 aliphatic carbocycles. The monoisotopic (exact) mass is 243 g/mol. The first-order valence-electron chi connectivity index (χ1n) is 5.76. The summed E-state index contributed by atoms with van der Waals surface area (Å²) in [5.74, 6) is 2.37. The summed E-state index contributed by atoms with van der Waals surface area (Å²) in [6, 6.07) is 0.371. The summed E-state index contributed by atoms with van der Waals surface area (Å²) in [4.78, 5) is 4.37. The molecule has 0 spiro atoms. The number of likely N-dealkylation sites (N-methyl/N-ethyl adjacent to an activating group) is 1. The third kappa shape index (κ3) is 4.53. The molecular weight excluding hydrogens is 222 g/mol. The van der Waals surface area contributed by atoms with Gasteiger partial charge in [-0.2, -0.15) is 16.7 Å². The molecule has 0 saturated carbocycles. The van der Waals surface area contributed by atoms with Crippen molar-refractivity contribution >= 4 is 11.8 Å². The molecule has 0 amide bonds. The SMILES string of the molecule is CCC(C)SCc1noc(CC(C)NC)n1. The molecule has 1 aromatic heterocycles. The molecule has 4 nitrogen and oxygen atoms in total. The molecule has 0 radical (unpaired) electrons. The molecular formula is C11H21N3OS. The van der Waals surface area contributed by atoms with Crippen molar-refractivity contribution in [2.45, 2.75) is 50.7 Å². The highest BCUT2D eigenvalue weighted by molar-refractivity contribution is 7.99. The van der Waals surface area contributed by atoms with Crippen molar-refractivity contribution in [3.05, 3.63) is 11.7 Å². The second-order valence-electron chi connectivity index (χ2n) is 4.03. The minimum atomic E-state index is 0.371. The highest BCUT2D eigenvalue weighted by Crippen LogP contribution is 2.18. The van der Waals surface area contributed by atoms with Gasteiger partial charge in [0.2, 0.25) is 5.89 Å². The average Bonchev–Trinajstić information content (AvgIpc) is 2.73. The van der Waals surface area contributed by atoms with Crippen LogP contribution < -0.4 is 5.32 Å². The summed E-state index contributed by atoms with van der Waals surface area (Å²) in [5.41, 5.74) is 0. The maximum atomic E-state index is 5.19. The van der Waals surface area contributed by atoms with Gasteiger partial charge < -0.3 is 9.84 Å². The van der Waals surface area contributed by atoms with Crippen LogP contribution in [0.4, 0.5) is 0 Å². The molecule has 0 bridgehead atoms. The minimum absolute atomic E-state index is 0.371. The van der Waals surface area contributed by atoms with Gasteiger partial charge in [0, 0.05) is 17.7 Å². The van der Waals surface area contributed by atoms with Crippen LogP contribution in [-0.2, 0) is 12.2 Å². The van der Waals surface area contributed by atoms with Gasteiger partial charge in [-0.25, -0.2) is 0 Å². The van der Waals surface area contributed by atoms with Crippen molar-refractivity contribution in [3.8, 4) is 0 Å². The Labute approximate surface area is 102 Å². The molecule has 2 atom stereocenters. The zero-order chi connectivity index (χ0) is 12.0. The van der Waals surface area contributed by atoms with Crippen molar-refractivity contribution in [1.82, 2.24) is 15.5 Å². The van der Waals surface area contributed by atoms with Gasteiger partial charge in [-0.1, -0.05) is 19.0 Å². The largest absolute Gasteiger partial charge is 0.339 e. The lowest BCUT2D eigenvalue weighted by Crippen LogP contribution is -2.23. The molecule has 1 aromatic rings. The Balaban J connectivity index is 2.39. The van der Waals surface area contributed by atoms with Gasteiger partial charge >= 0.3 is 0 Å². The molecule has 1 N–H and O–H groups in total. The van der Waals surface area contributed by atoms with Crippen molar-refractivity contribution in [3.63, 3.8) is 0 Å². The van der Waals surface area contributed by atoms with Gasteiger partial charge in [0.1, 0.15) is 0 Å². The molecule has 2 unspecified atom stereocenters. The summed E-state index contributed by atoms with van der Waals surface area (Å²) in [6.07, 6.45) is 1.96. The van der Waals surface area contributed by atoms with Gasteiger partial charge in [-0.3, -0.25) is 0 Å². The summed E-state index contributed by atoms with van der Waals surface area (Å²) >= 11 is 1.87. The minimum Gasteiger partial charge on any atom is -0.339 e. The average molecular weight is 243 g/mol. The molecule has 0 aromatic carbocycles. The fourth-order valence-electron chi connectivity index (χ4n) is 1.13. The van der Waals surface area contributed by atoms with Crippen molar-refractivity contribution in [2.75, 3.05) is 7.05 Å². The number of nitrogens with zero attached hydrogens (tertiary/aromatic N) is 2. The van der Waals surface area contributed by atoms with Crippen LogP contribution >= 0.6 is 11.8 Å². The number of hydrogen-bond acceptors (Lipinski definition) is 5. The summed E-state index contributed by atoms with van der Waals surface area (Å²) < 4.78 is 5.19. The first kappa shape index (κ1) is 13.5. The van der Waals surface area contributed by atoms with Crippen LogP contribution in [0.3, 0.4) is 0 Å². The van der Waals surface area contributed by atoms with E-state index in [1.807, 2.05) is 18.8 Å². The molecule has 0 saturated heterocycles. The molecule has 92 valence electrons. The standard InChI is InChI=1S/C11H21N3OS/c1-5-9(3)16-7-10-13-11(15-14-10)6-8(2)12-4/h8-9,12H,5-7H2,1-4H3. The Morgan fingerprint density at radius 2 is 2.19 bits per heavy atom. The van der Waals surface area contributed by atoms with Crippen LogP contribution in [0.5, 0.6) is 0 Å². The van der Waals surface area contributed by atoms with Crippen LogP contribution in [0.2, 0.25) is 0 Å². The molecule has 0 aliphatic rings. The highest BCUT2D eigenvalue weighted by atomic mass is 32.2. The lowest BCUT2D eigenvalue weighted by Gasteiger charge is -2.05. The smallest absolute Gasteiger partial charge is 0.228 e. The van der Waals surface area contributed by atoms with Crippen LogP contribution in [-0.4, -0.2) is 28.5 Å². The fraction of sp³-hybridized carbons (Fsp3) is 0.818. The van der Waals surface area contributed by atoms with Crippen molar-refractivity contribution in [2.24, 2.45) is 0 Å². The van der Waals surface area contributed by atoms with E-state index in [1.165, 1.54) is 6.42 Å². The normalized spacial score (nSPS) is 15.0. The number of hydrogen-bond donors (Lipinski definition) is 1. The Hall–Kier alpha value is -0.550. The van der Waals surface area contributed by atoms with Crippen molar-refractivity contribution in [1.29, 1.82) is 0 Å². The van der Waals surface area contributed by atoms with Gasteiger partial charge in [0.05, 0.1) is 5.75 Å². The molecule has 0 fully saturated rings. The van der Waals surface area contributed by atoms with Crippen LogP contribution in [0.25, 0.3) is 0 Å². The van der Waals surface area contributed by atoms with E-state index < -0.39 is 0 Å².